The summed E-state index contributed by atoms with van der Waals surface area (Å²) in [7, 11) is 1.88. The predicted molar refractivity (Wildman–Crippen MR) is 70.4 cm³/mol. The lowest BCUT2D eigenvalue weighted by atomic mass is 9.84. The Morgan fingerprint density at radius 2 is 2.26 bits per heavy atom. The van der Waals surface area contributed by atoms with Gasteiger partial charge in [-0.1, -0.05) is 6.42 Å². The number of aliphatic hydroxyl groups excluding tert-OH is 1. The van der Waals surface area contributed by atoms with Crippen molar-refractivity contribution in [3.63, 3.8) is 0 Å². The zero-order valence-electron chi connectivity index (χ0n) is 11.3. The highest BCUT2D eigenvalue weighted by molar-refractivity contribution is 5.80. The number of rotatable bonds is 3. The first-order valence-corrected chi connectivity index (χ1v) is 7.11. The number of aromatic nitrogens is 2. The molecule has 0 spiro atoms. The molecule has 1 aromatic rings. The maximum atomic E-state index is 12.4. The fourth-order valence-electron chi connectivity index (χ4n) is 3.07. The fraction of sp³-hybridized carbons (Fsp3) is 0.714. The van der Waals surface area contributed by atoms with Gasteiger partial charge in [0.2, 0.25) is 5.91 Å². The molecule has 1 saturated carbocycles. The molecule has 1 saturated heterocycles. The van der Waals surface area contributed by atoms with Crippen molar-refractivity contribution in [2.75, 3.05) is 6.54 Å². The molecule has 1 aromatic heterocycles. The molecular formula is C14H21N3O2. The second-order valence-electron chi connectivity index (χ2n) is 5.81. The third kappa shape index (κ3) is 2.39. The van der Waals surface area contributed by atoms with Crippen LogP contribution in [-0.4, -0.2) is 44.4 Å². The molecule has 0 aromatic carbocycles. The molecule has 2 fully saturated rings. The molecule has 5 nitrogen and oxygen atoms in total. The largest absolute Gasteiger partial charge is 0.391 e. The van der Waals surface area contributed by atoms with Gasteiger partial charge in [-0.05, 0) is 31.2 Å². The molecule has 1 aliphatic carbocycles. The summed E-state index contributed by atoms with van der Waals surface area (Å²) in [5.74, 6) is 0.457. The van der Waals surface area contributed by atoms with Crippen LogP contribution in [0.4, 0.5) is 0 Å². The minimum atomic E-state index is -0.399. The molecule has 0 bridgehead atoms. The van der Waals surface area contributed by atoms with E-state index in [1.54, 1.807) is 4.68 Å². The van der Waals surface area contributed by atoms with Crippen molar-refractivity contribution in [3.05, 3.63) is 18.0 Å². The highest BCUT2D eigenvalue weighted by Gasteiger charge is 2.39. The van der Waals surface area contributed by atoms with Gasteiger partial charge in [-0.15, -0.1) is 0 Å². The molecule has 2 aliphatic rings. The Kier molecular flexibility index (Phi) is 3.31. The first kappa shape index (κ1) is 12.7. The van der Waals surface area contributed by atoms with E-state index in [-0.39, 0.29) is 17.9 Å². The number of hydrogen-bond donors (Lipinski definition) is 1. The molecule has 2 atom stereocenters. The lowest BCUT2D eigenvalue weighted by molar-refractivity contribution is -0.139. The van der Waals surface area contributed by atoms with Crippen LogP contribution in [0.1, 0.15) is 31.2 Å². The van der Waals surface area contributed by atoms with E-state index in [0.717, 1.165) is 18.4 Å². The van der Waals surface area contributed by atoms with Crippen LogP contribution in [0.5, 0.6) is 0 Å². The zero-order chi connectivity index (χ0) is 13.4. The number of hydrogen-bond acceptors (Lipinski definition) is 3. The van der Waals surface area contributed by atoms with Crippen molar-refractivity contribution in [2.24, 2.45) is 13.0 Å². The first-order valence-electron chi connectivity index (χ1n) is 7.11. The van der Waals surface area contributed by atoms with Crippen LogP contribution < -0.4 is 0 Å². The third-order valence-electron chi connectivity index (χ3n) is 4.45. The van der Waals surface area contributed by atoms with Gasteiger partial charge in [0.15, 0.2) is 0 Å². The first-order chi connectivity index (χ1) is 9.15. The molecule has 104 valence electrons. The second-order valence-corrected chi connectivity index (χ2v) is 5.81. The highest BCUT2D eigenvalue weighted by atomic mass is 16.3. The lowest BCUT2D eigenvalue weighted by Gasteiger charge is -2.33. The molecule has 3 rings (SSSR count). The fourth-order valence-corrected chi connectivity index (χ4v) is 3.07. The van der Waals surface area contributed by atoms with E-state index >= 15 is 0 Å². The Hall–Kier alpha value is -1.36. The van der Waals surface area contributed by atoms with Crippen molar-refractivity contribution in [2.45, 2.75) is 44.2 Å². The summed E-state index contributed by atoms with van der Waals surface area (Å²) in [5, 5.41) is 14.3. The maximum Gasteiger partial charge on any atom is 0.226 e. The van der Waals surface area contributed by atoms with Gasteiger partial charge < -0.3 is 10.0 Å². The number of aliphatic hydroxyl groups is 1. The molecular weight excluding hydrogens is 242 g/mol. The van der Waals surface area contributed by atoms with E-state index in [9.17, 15) is 9.90 Å². The van der Waals surface area contributed by atoms with E-state index in [1.165, 1.54) is 6.42 Å². The van der Waals surface area contributed by atoms with Gasteiger partial charge in [0.1, 0.15) is 0 Å². The minimum absolute atomic E-state index is 0.0719. The van der Waals surface area contributed by atoms with Crippen LogP contribution in [-0.2, 0) is 18.3 Å². The van der Waals surface area contributed by atoms with Gasteiger partial charge in [-0.2, -0.15) is 5.10 Å². The van der Waals surface area contributed by atoms with Crippen molar-refractivity contribution in [3.8, 4) is 0 Å². The molecule has 19 heavy (non-hydrogen) atoms. The predicted octanol–water partition coefficient (Wildman–Crippen LogP) is 0.724. The van der Waals surface area contributed by atoms with Gasteiger partial charge in [-0.25, -0.2) is 0 Å². The number of nitrogens with zero attached hydrogens (tertiary/aromatic N) is 3. The van der Waals surface area contributed by atoms with Gasteiger partial charge in [-0.3, -0.25) is 9.48 Å². The van der Waals surface area contributed by atoms with E-state index in [4.69, 9.17) is 0 Å². The summed E-state index contributed by atoms with van der Waals surface area (Å²) in [5.41, 5.74) is 1.08. The van der Waals surface area contributed by atoms with Gasteiger partial charge in [0.25, 0.3) is 0 Å². The van der Waals surface area contributed by atoms with Crippen molar-refractivity contribution < 1.29 is 9.90 Å². The molecule has 1 aliphatic heterocycles. The summed E-state index contributed by atoms with van der Waals surface area (Å²) < 4.78 is 1.76. The Labute approximate surface area is 113 Å². The average Bonchev–Trinajstić information content (AvgIpc) is 2.85. The third-order valence-corrected chi connectivity index (χ3v) is 4.45. The highest BCUT2D eigenvalue weighted by Crippen LogP contribution is 2.32. The van der Waals surface area contributed by atoms with E-state index < -0.39 is 6.10 Å². The van der Waals surface area contributed by atoms with Gasteiger partial charge in [0, 0.05) is 25.7 Å². The van der Waals surface area contributed by atoms with Crippen molar-refractivity contribution >= 4 is 5.91 Å². The number of aryl methyl sites for hydroxylation is 1. The maximum absolute atomic E-state index is 12.4. The van der Waals surface area contributed by atoms with Crippen LogP contribution in [0.2, 0.25) is 0 Å². The summed E-state index contributed by atoms with van der Waals surface area (Å²) in [6.45, 7) is 0.696. The van der Waals surface area contributed by atoms with Gasteiger partial charge >= 0.3 is 0 Å². The van der Waals surface area contributed by atoms with Gasteiger partial charge in [0.05, 0.1) is 18.3 Å². The number of amides is 1. The molecule has 5 heteroatoms. The Balaban J connectivity index is 1.71. The molecule has 0 unspecified atom stereocenters. The molecule has 0 radical (unpaired) electrons. The molecule has 2 heterocycles. The lowest BCUT2D eigenvalue weighted by Crippen LogP contribution is -2.45. The quantitative estimate of drug-likeness (QED) is 0.874. The number of carbonyl (C=O) groups excluding carboxylic acids is 1. The second kappa shape index (κ2) is 4.96. The Morgan fingerprint density at radius 3 is 2.84 bits per heavy atom. The topological polar surface area (TPSA) is 58.4 Å². The van der Waals surface area contributed by atoms with Crippen LogP contribution in [0.15, 0.2) is 12.4 Å². The number of carbonyl (C=O) groups is 1. The van der Waals surface area contributed by atoms with E-state index in [2.05, 4.69) is 5.10 Å². The normalized spacial score (nSPS) is 27.6. The molecule has 1 amide bonds. The standard InChI is InChI=1S/C14H21N3O2/c1-16-9-10(8-15-16)7-12-13(18)5-6-17(12)14(19)11-3-2-4-11/h8-9,11-13,18H,2-7H2,1H3/t12-,13-/m0/s1. The summed E-state index contributed by atoms with van der Waals surface area (Å²) in [6.07, 6.45) is 7.98. The van der Waals surface area contributed by atoms with Crippen LogP contribution in [0.25, 0.3) is 0 Å². The van der Waals surface area contributed by atoms with Crippen LogP contribution >= 0.6 is 0 Å². The monoisotopic (exact) mass is 263 g/mol. The summed E-state index contributed by atoms with van der Waals surface area (Å²) in [6, 6.07) is -0.0719. The Morgan fingerprint density at radius 1 is 1.47 bits per heavy atom. The number of likely N-dealkylation sites (tertiary alicyclic amines) is 1. The smallest absolute Gasteiger partial charge is 0.226 e. The van der Waals surface area contributed by atoms with Crippen LogP contribution in [0, 0.1) is 5.92 Å². The van der Waals surface area contributed by atoms with Crippen molar-refractivity contribution in [1.29, 1.82) is 0 Å². The average molecular weight is 263 g/mol. The minimum Gasteiger partial charge on any atom is -0.391 e. The SMILES string of the molecule is Cn1cc(C[C@H]2[C@@H](O)CCN2C(=O)C2CCC2)cn1. The van der Waals surface area contributed by atoms with E-state index in [1.807, 2.05) is 24.3 Å². The van der Waals surface area contributed by atoms with Crippen molar-refractivity contribution in [1.82, 2.24) is 14.7 Å². The summed E-state index contributed by atoms with van der Waals surface area (Å²) in [4.78, 5) is 14.3. The van der Waals surface area contributed by atoms with Crippen LogP contribution in [0.3, 0.4) is 0 Å². The zero-order valence-corrected chi connectivity index (χ0v) is 11.3. The summed E-state index contributed by atoms with van der Waals surface area (Å²) >= 11 is 0. The molecule has 1 N–H and O–H groups in total. The van der Waals surface area contributed by atoms with E-state index in [0.29, 0.717) is 19.4 Å². The Bertz CT molecular complexity index is 467.